The summed E-state index contributed by atoms with van der Waals surface area (Å²) in [5.41, 5.74) is 5.04. The van der Waals surface area contributed by atoms with E-state index >= 15 is 0 Å². The normalized spacial score (nSPS) is 20.4. The lowest BCUT2D eigenvalue weighted by Crippen LogP contribution is -2.42. The van der Waals surface area contributed by atoms with E-state index in [9.17, 15) is 4.79 Å². The van der Waals surface area contributed by atoms with Crippen molar-refractivity contribution in [1.29, 1.82) is 0 Å². The Kier molecular flexibility index (Phi) is 2.84. The smallest absolute Gasteiger partial charge is 0.311 e. The third kappa shape index (κ3) is 2.97. The van der Waals surface area contributed by atoms with Crippen molar-refractivity contribution in [2.75, 3.05) is 0 Å². The lowest BCUT2D eigenvalue weighted by Gasteiger charge is -2.18. The minimum absolute atomic E-state index is 0.946. The van der Waals surface area contributed by atoms with Gasteiger partial charge in [-0.1, -0.05) is 0 Å². The Labute approximate surface area is 66.2 Å². The van der Waals surface area contributed by atoms with E-state index in [1.807, 2.05) is 0 Å². The van der Waals surface area contributed by atoms with E-state index in [0.717, 1.165) is 0 Å². The van der Waals surface area contributed by atoms with Crippen molar-refractivity contribution in [2.45, 2.75) is 10.7 Å². The molecule has 5 heteroatoms. The molecule has 0 fully saturated rings. The van der Waals surface area contributed by atoms with Gasteiger partial charge in [-0.05, 0) is 29.5 Å². The summed E-state index contributed by atoms with van der Waals surface area (Å²) in [5, 5.41) is 17.1. The van der Waals surface area contributed by atoms with Gasteiger partial charge in [0.1, 0.15) is 5.92 Å². The van der Waals surface area contributed by atoms with Gasteiger partial charge in [-0.2, -0.15) is 0 Å². The molecular formula is C4H8INO3. The fraction of sp³-hybridized carbons (Fsp3) is 0.750. The molecule has 0 amide bonds. The first-order valence-corrected chi connectivity index (χ1v) is 3.36. The second-order valence-corrected chi connectivity index (χ2v) is 3.52. The number of hydrogen-bond acceptors (Lipinski definition) is 3. The number of carboxylic acids is 1. The lowest BCUT2D eigenvalue weighted by molar-refractivity contribution is -0.145. The molecule has 0 spiro atoms. The predicted octanol–water partition coefficient (Wildman–Crippen LogP) is -0.253. The van der Waals surface area contributed by atoms with Gasteiger partial charge in [0.2, 0.25) is 0 Å². The van der Waals surface area contributed by atoms with Crippen molar-refractivity contribution in [1.82, 2.24) is 0 Å². The molecule has 0 rings (SSSR count). The summed E-state index contributed by atoms with van der Waals surface area (Å²) in [7, 11) is 0. The highest BCUT2D eigenvalue weighted by Crippen LogP contribution is 2.18. The first kappa shape index (κ1) is 9.12. The molecule has 9 heavy (non-hydrogen) atoms. The number of rotatable bonds is 2. The monoisotopic (exact) mass is 245 g/mol. The average Bonchev–Trinajstić information content (AvgIpc) is 1.62. The average molecular weight is 245 g/mol. The van der Waals surface area contributed by atoms with Crippen LogP contribution in [0.15, 0.2) is 0 Å². The number of halogens is 1. The minimum Gasteiger partial charge on any atom is -0.481 e. The molecule has 0 saturated carbocycles. The summed E-state index contributed by atoms with van der Waals surface area (Å²) in [6.45, 7) is 1.34. The highest BCUT2D eigenvalue weighted by Gasteiger charge is 2.30. The summed E-state index contributed by atoms with van der Waals surface area (Å²) in [5.74, 6) is -2.05. The number of aliphatic carboxylic acids is 1. The van der Waals surface area contributed by atoms with Crippen molar-refractivity contribution in [2.24, 2.45) is 11.7 Å². The van der Waals surface area contributed by atoms with Crippen molar-refractivity contribution in [3.05, 3.63) is 0 Å². The number of alkyl halides is 1. The molecule has 0 radical (unpaired) electrons. The molecule has 0 aliphatic carbocycles. The van der Waals surface area contributed by atoms with E-state index in [2.05, 4.69) is 0 Å². The fourth-order valence-corrected chi connectivity index (χ4v) is 0.440. The molecule has 0 saturated heterocycles. The quantitative estimate of drug-likeness (QED) is 0.271. The van der Waals surface area contributed by atoms with Gasteiger partial charge in [-0.3, -0.25) is 10.5 Å². The Morgan fingerprint density at radius 3 is 2.22 bits per heavy atom. The zero-order valence-electron chi connectivity index (χ0n) is 4.84. The summed E-state index contributed by atoms with van der Waals surface area (Å²) < 4.78 is -1.65. The molecule has 2 atom stereocenters. The van der Waals surface area contributed by atoms with E-state index in [1.165, 1.54) is 29.5 Å². The Balaban J connectivity index is 4.04. The molecule has 4 N–H and O–H groups in total. The van der Waals surface area contributed by atoms with Crippen molar-refractivity contribution in [3.8, 4) is 0 Å². The Morgan fingerprint density at radius 1 is 1.89 bits per heavy atom. The Bertz CT molecular complexity index is 119. The van der Waals surface area contributed by atoms with Crippen LogP contribution in [-0.4, -0.2) is 19.9 Å². The topological polar surface area (TPSA) is 83.5 Å². The maximum absolute atomic E-state index is 10.1. The van der Waals surface area contributed by atoms with E-state index in [-0.39, 0.29) is 0 Å². The minimum atomic E-state index is -1.65. The summed E-state index contributed by atoms with van der Waals surface area (Å²) in [6.07, 6.45) is 0. The Hall–Kier alpha value is 0.120. The van der Waals surface area contributed by atoms with Crippen LogP contribution in [0.5, 0.6) is 0 Å². The zero-order valence-corrected chi connectivity index (χ0v) is 6.99. The number of aliphatic hydroxyl groups is 1. The molecule has 0 heterocycles. The molecule has 54 valence electrons. The van der Waals surface area contributed by atoms with Gasteiger partial charge in [0.05, 0.1) is 0 Å². The van der Waals surface area contributed by atoms with Gasteiger partial charge < -0.3 is 10.2 Å². The lowest BCUT2D eigenvalue weighted by atomic mass is 10.1. The second-order valence-electron chi connectivity index (χ2n) is 1.79. The summed E-state index contributed by atoms with van der Waals surface area (Å²) >= 11 is 1.47. The molecular weight excluding hydrogens is 237 g/mol. The largest absolute Gasteiger partial charge is 0.481 e. The standard InChI is InChI=1S/C4H8INO3/c1-2(3(7)8)4(5,6)9/h2,9H,6H2,1H3,(H,7,8). The predicted molar refractivity (Wildman–Crippen MR) is 40.0 cm³/mol. The molecule has 0 aromatic rings. The van der Waals surface area contributed by atoms with Gasteiger partial charge in [0.15, 0.2) is 3.73 Å². The third-order valence-corrected chi connectivity index (χ3v) is 1.91. The van der Waals surface area contributed by atoms with E-state index < -0.39 is 15.6 Å². The van der Waals surface area contributed by atoms with Crippen LogP contribution in [0, 0.1) is 5.92 Å². The van der Waals surface area contributed by atoms with Crippen LogP contribution in [0.3, 0.4) is 0 Å². The molecule has 0 aromatic carbocycles. The first-order valence-electron chi connectivity index (χ1n) is 2.28. The van der Waals surface area contributed by atoms with Crippen LogP contribution in [0.25, 0.3) is 0 Å². The highest BCUT2D eigenvalue weighted by atomic mass is 127. The first-order chi connectivity index (χ1) is 3.85. The van der Waals surface area contributed by atoms with Gasteiger partial charge in [0.25, 0.3) is 0 Å². The van der Waals surface area contributed by atoms with Crippen LogP contribution in [0.2, 0.25) is 0 Å². The number of nitrogens with two attached hydrogens (primary N) is 1. The van der Waals surface area contributed by atoms with Crippen molar-refractivity contribution < 1.29 is 15.0 Å². The van der Waals surface area contributed by atoms with Gasteiger partial charge >= 0.3 is 5.97 Å². The van der Waals surface area contributed by atoms with Gasteiger partial charge in [-0.25, -0.2) is 0 Å². The fourth-order valence-electron chi connectivity index (χ4n) is 0.173. The van der Waals surface area contributed by atoms with Crippen LogP contribution >= 0.6 is 22.6 Å². The van der Waals surface area contributed by atoms with Crippen LogP contribution in [0.1, 0.15) is 6.92 Å². The molecule has 2 unspecified atom stereocenters. The maximum atomic E-state index is 10.1. The number of carboxylic acid groups (broad SMARTS) is 1. The molecule has 0 bridgehead atoms. The molecule has 0 aromatic heterocycles. The number of hydrogen-bond donors (Lipinski definition) is 3. The second kappa shape index (κ2) is 2.80. The van der Waals surface area contributed by atoms with Crippen molar-refractivity contribution in [3.63, 3.8) is 0 Å². The molecule has 0 aliphatic heterocycles. The number of carbonyl (C=O) groups is 1. The van der Waals surface area contributed by atoms with E-state index in [1.54, 1.807) is 0 Å². The zero-order chi connectivity index (χ0) is 7.65. The van der Waals surface area contributed by atoms with Crippen molar-refractivity contribution >= 4 is 28.6 Å². The van der Waals surface area contributed by atoms with Crippen LogP contribution < -0.4 is 5.73 Å². The molecule has 0 aliphatic rings. The Morgan fingerprint density at radius 2 is 2.22 bits per heavy atom. The summed E-state index contributed by atoms with van der Waals surface area (Å²) in [6, 6.07) is 0. The summed E-state index contributed by atoms with van der Waals surface area (Å²) in [4.78, 5) is 10.1. The molecule has 4 nitrogen and oxygen atoms in total. The van der Waals surface area contributed by atoms with E-state index in [0.29, 0.717) is 0 Å². The van der Waals surface area contributed by atoms with Crippen LogP contribution in [0.4, 0.5) is 0 Å². The maximum Gasteiger partial charge on any atom is 0.311 e. The van der Waals surface area contributed by atoms with Crippen LogP contribution in [-0.2, 0) is 4.79 Å². The third-order valence-electron chi connectivity index (χ3n) is 0.978. The SMILES string of the molecule is CC(C(=O)O)C(N)(O)I. The highest BCUT2D eigenvalue weighted by molar-refractivity contribution is 14.1. The van der Waals surface area contributed by atoms with Gasteiger partial charge in [-0.15, -0.1) is 0 Å². The van der Waals surface area contributed by atoms with E-state index in [4.69, 9.17) is 15.9 Å². The van der Waals surface area contributed by atoms with Gasteiger partial charge in [0, 0.05) is 0 Å².